The van der Waals surface area contributed by atoms with Crippen molar-refractivity contribution in [3.63, 3.8) is 0 Å². The lowest BCUT2D eigenvalue weighted by molar-refractivity contribution is 1.28. The average molecular weight is 398 g/mol. The standard InChI is InChI=1S/C25H20ClN3/c26-21-13-15-22(16-14-21)28-27-19-20-11-17-25(18-12-20)29(23-7-3-1-4-8-23)24-9-5-2-6-10-24/h1-19,28H. The van der Waals surface area contributed by atoms with Gasteiger partial charge in [0, 0.05) is 22.1 Å². The first-order chi connectivity index (χ1) is 14.3. The molecule has 0 amide bonds. The first kappa shape index (κ1) is 18.8. The molecular weight excluding hydrogens is 378 g/mol. The van der Waals surface area contributed by atoms with Gasteiger partial charge in [-0.05, 0) is 66.2 Å². The second-order valence-corrected chi connectivity index (χ2v) is 6.91. The van der Waals surface area contributed by atoms with Gasteiger partial charge in [0.15, 0.2) is 0 Å². The molecule has 142 valence electrons. The molecule has 4 aromatic carbocycles. The van der Waals surface area contributed by atoms with Crippen LogP contribution in [0.2, 0.25) is 5.02 Å². The lowest BCUT2D eigenvalue weighted by Crippen LogP contribution is -2.09. The van der Waals surface area contributed by atoms with Gasteiger partial charge >= 0.3 is 0 Å². The Balaban J connectivity index is 1.54. The van der Waals surface area contributed by atoms with Gasteiger partial charge in [-0.3, -0.25) is 5.43 Å². The van der Waals surface area contributed by atoms with E-state index in [0.717, 1.165) is 28.3 Å². The molecule has 0 aliphatic rings. The third kappa shape index (κ3) is 4.84. The molecule has 0 unspecified atom stereocenters. The number of benzene rings is 4. The minimum absolute atomic E-state index is 0.705. The molecule has 3 nitrogen and oxygen atoms in total. The number of rotatable bonds is 6. The third-order valence-corrected chi connectivity index (χ3v) is 4.68. The molecule has 0 bridgehead atoms. The van der Waals surface area contributed by atoms with E-state index >= 15 is 0 Å². The SMILES string of the molecule is Clc1ccc(NN=Cc2ccc(N(c3ccccc3)c3ccccc3)cc2)cc1. The van der Waals surface area contributed by atoms with E-state index in [4.69, 9.17) is 11.6 Å². The second-order valence-electron chi connectivity index (χ2n) is 6.47. The van der Waals surface area contributed by atoms with E-state index < -0.39 is 0 Å². The summed E-state index contributed by atoms with van der Waals surface area (Å²) >= 11 is 5.90. The van der Waals surface area contributed by atoms with Gasteiger partial charge in [-0.2, -0.15) is 5.10 Å². The second kappa shape index (κ2) is 9.09. The minimum atomic E-state index is 0.705. The zero-order valence-electron chi connectivity index (χ0n) is 15.7. The van der Waals surface area contributed by atoms with Crippen molar-refractivity contribution in [3.8, 4) is 0 Å². The highest BCUT2D eigenvalue weighted by molar-refractivity contribution is 6.30. The molecule has 0 saturated heterocycles. The van der Waals surface area contributed by atoms with E-state index in [2.05, 4.69) is 88.2 Å². The Morgan fingerprint density at radius 3 is 1.69 bits per heavy atom. The van der Waals surface area contributed by atoms with E-state index in [-0.39, 0.29) is 0 Å². The number of anilines is 4. The molecule has 4 aromatic rings. The largest absolute Gasteiger partial charge is 0.311 e. The Morgan fingerprint density at radius 1 is 0.621 bits per heavy atom. The topological polar surface area (TPSA) is 27.6 Å². The van der Waals surface area contributed by atoms with Gasteiger partial charge in [0.05, 0.1) is 11.9 Å². The van der Waals surface area contributed by atoms with Gasteiger partial charge in [-0.1, -0.05) is 60.1 Å². The minimum Gasteiger partial charge on any atom is -0.311 e. The van der Waals surface area contributed by atoms with Gasteiger partial charge < -0.3 is 4.90 Å². The van der Waals surface area contributed by atoms with Gasteiger partial charge in [-0.25, -0.2) is 0 Å². The molecule has 0 aliphatic heterocycles. The molecule has 0 heterocycles. The summed E-state index contributed by atoms with van der Waals surface area (Å²) in [5.74, 6) is 0. The van der Waals surface area contributed by atoms with Gasteiger partial charge in [-0.15, -0.1) is 0 Å². The first-order valence-corrected chi connectivity index (χ1v) is 9.72. The summed E-state index contributed by atoms with van der Waals surface area (Å²) in [6.45, 7) is 0. The summed E-state index contributed by atoms with van der Waals surface area (Å²) in [4.78, 5) is 2.23. The molecular formula is C25H20ClN3. The monoisotopic (exact) mass is 397 g/mol. The van der Waals surface area contributed by atoms with Crippen LogP contribution < -0.4 is 10.3 Å². The van der Waals surface area contributed by atoms with Crippen molar-refractivity contribution < 1.29 is 0 Å². The lowest BCUT2D eigenvalue weighted by atomic mass is 10.1. The van der Waals surface area contributed by atoms with Gasteiger partial charge in [0.2, 0.25) is 0 Å². The number of nitrogens with zero attached hydrogens (tertiary/aromatic N) is 2. The van der Waals surface area contributed by atoms with Crippen molar-refractivity contribution in [1.82, 2.24) is 0 Å². The number of hydrazone groups is 1. The maximum absolute atomic E-state index is 5.90. The van der Waals surface area contributed by atoms with E-state index in [0.29, 0.717) is 5.02 Å². The summed E-state index contributed by atoms with van der Waals surface area (Å²) in [5.41, 5.74) is 8.23. The lowest BCUT2D eigenvalue weighted by Gasteiger charge is -2.25. The predicted octanol–water partition coefficient (Wildman–Crippen LogP) is 7.26. The zero-order valence-corrected chi connectivity index (χ0v) is 16.5. The molecule has 4 rings (SSSR count). The van der Waals surface area contributed by atoms with E-state index in [1.165, 1.54) is 0 Å². The molecule has 4 heteroatoms. The van der Waals surface area contributed by atoms with Crippen molar-refractivity contribution in [1.29, 1.82) is 0 Å². The van der Waals surface area contributed by atoms with Crippen LogP contribution in [0.1, 0.15) is 5.56 Å². The molecule has 0 saturated carbocycles. The van der Waals surface area contributed by atoms with Crippen LogP contribution in [-0.4, -0.2) is 6.21 Å². The number of nitrogens with one attached hydrogen (secondary N) is 1. The van der Waals surface area contributed by atoms with Crippen molar-refractivity contribution in [2.45, 2.75) is 0 Å². The van der Waals surface area contributed by atoms with Crippen LogP contribution in [0.25, 0.3) is 0 Å². The predicted molar refractivity (Wildman–Crippen MR) is 124 cm³/mol. The summed E-state index contributed by atoms with van der Waals surface area (Å²) in [7, 11) is 0. The number of hydrogen-bond donors (Lipinski definition) is 1. The van der Waals surface area contributed by atoms with Gasteiger partial charge in [0.1, 0.15) is 0 Å². The Hall–Kier alpha value is -3.56. The zero-order chi connectivity index (χ0) is 19.9. The fourth-order valence-corrected chi connectivity index (χ4v) is 3.14. The summed E-state index contributed by atoms with van der Waals surface area (Å²) in [5, 5.41) is 5.01. The van der Waals surface area contributed by atoms with Crippen LogP contribution in [0.5, 0.6) is 0 Å². The smallest absolute Gasteiger partial charge is 0.0562 e. The molecule has 1 N–H and O–H groups in total. The van der Waals surface area contributed by atoms with E-state index in [1.807, 2.05) is 36.4 Å². The maximum atomic E-state index is 5.90. The Kier molecular flexibility index (Phi) is 5.89. The summed E-state index contributed by atoms with van der Waals surface area (Å²) in [6.07, 6.45) is 1.80. The highest BCUT2D eigenvalue weighted by Gasteiger charge is 2.11. The number of para-hydroxylation sites is 2. The van der Waals surface area contributed by atoms with Crippen molar-refractivity contribution >= 4 is 40.6 Å². The molecule has 0 radical (unpaired) electrons. The molecule has 0 atom stereocenters. The summed E-state index contributed by atoms with van der Waals surface area (Å²) in [6, 6.07) is 36.4. The highest BCUT2D eigenvalue weighted by atomic mass is 35.5. The van der Waals surface area contributed by atoms with Crippen LogP contribution >= 0.6 is 11.6 Å². The Labute approximate surface area is 175 Å². The maximum Gasteiger partial charge on any atom is 0.0562 e. The number of hydrogen-bond acceptors (Lipinski definition) is 3. The van der Waals surface area contributed by atoms with Crippen LogP contribution in [0.3, 0.4) is 0 Å². The molecule has 0 fully saturated rings. The highest BCUT2D eigenvalue weighted by Crippen LogP contribution is 2.33. The number of halogens is 1. The van der Waals surface area contributed by atoms with Crippen molar-refractivity contribution in [3.05, 3.63) is 120 Å². The van der Waals surface area contributed by atoms with Crippen LogP contribution in [0.4, 0.5) is 22.7 Å². The summed E-state index contributed by atoms with van der Waals surface area (Å²) < 4.78 is 0. The Bertz CT molecular complexity index is 1020. The van der Waals surface area contributed by atoms with Crippen molar-refractivity contribution in [2.24, 2.45) is 5.10 Å². The van der Waals surface area contributed by atoms with Crippen LogP contribution in [-0.2, 0) is 0 Å². The molecule has 0 aromatic heterocycles. The molecule has 0 spiro atoms. The molecule has 29 heavy (non-hydrogen) atoms. The van der Waals surface area contributed by atoms with E-state index in [1.54, 1.807) is 6.21 Å². The van der Waals surface area contributed by atoms with Crippen molar-refractivity contribution in [2.75, 3.05) is 10.3 Å². The fourth-order valence-electron chi connectivity index (χ4n) is 3.02. The molecule has 0 aliphatic carbocycles. The fraction of sp³-hybridized carbons (Fsp3) is 0. The quantitative estimate of drug-likeness (QED) is 0.274. The Morgan fingerprint density at radius 2 is 1.14 bits per heavy atom. The van der Waals surface area contributed by atoms with Gasteiger partial charge in [0.25, 0.3) is 0 Å². The van der Waals surface area contributed by atoms with Crippen LogP contribution in [0.15, 0.2) is 114 Å². The third-order valence-electron chi connectivity index (χ3n) is 4.43. The first-order valence-electron chi connectivity index (χ1n) is 9.34. The average Bonchev–Trinajstić information content (AvgIpc) is 2.78. The van der Waals surface area contributed by atoms with E-state index in [9.17, 15) is 0 Å². The van der Waals surface area contributed by atoms with Crippen LogP contribution in [0, 0.1) is 0 Å². The normalized spacial score (nSPS) is 10.8.